The topological polar surface area (TPSA) is 75.9 Å². The lowest BCUT2D eigenvalue weighted by molar-refractivity contribution is -0.127. The van der Waals surface area contributed by atoms with Gasteiger partial charge in [-0.2, -0.15) is 5.10 Å². The Morgan fingerprint density at radius 1 is 1.31 bits per heavy atom. The van der Waals surface area contributed by atoms with Gasteiger partial charge < -0.3 is 10.2 Å². The van der Waals surface area contributed by atoms with E-state index >= 15 is 0 Å². The summed E-state index contributed by atoms with van der Waals surface area (Å²) in [5, 5.41) is 11.0. The third-order valence-corrected chi connectivity index (χ3v) is 6.01. The molecule has 0 aromatic carbocycles. The van der Waals surface area contributed by atoms with Crippen LogP contribution in [0.25, 0.3) is 10.2 Å². The number of anilines is 1. The van der Waals surface area contributed by atoms with Crippen LogP contribution in [0.5, 0.6) is 0 Å². The van der Waals surface area contributed by atoms with Gasteiger partial charge >= 0.3 is 0 Å². The molecule has 0 bridgehead atoms. The molecule has 8 heteroatoms. The van der Waals surface area contributed by atoms with E-state index in [-0.39, 0.29) is 17.9 Å². The normalized spacial score (nSPS) is 20.3. The zero-order chi connectivity index (χ0) is 18.4. The van der Waals surface area contributed by atoms with E-state index in [1.54, 1.807) is 16.0 Å². The van der Waals surface area contributed by atoms with Gasteiger partial charge in [0.05, 0.1) is 17.6 Å². The number of aryl methyl sites for hydroxylation is 3. The zero-order valence-electron chi connectivity index (χ0n) is 15.4. The first kappa shape index (κ1) is 17.0. The van der Waals surface area contributed by atoms with Gasteiger partial charge in [0.2, 0.25) is 5.91 Å². The van der Waals surface area contributed by atoms with Crippen LogP contribution in [0.2, 0.25) is 0 Å². The average molecular weight is 370 g/mol. The van der Waals surface area contributed by atoms with Crippen molar-refractivity contribution in [2.24, 2.45) is 13.0 Å². The number of hydrogen-bond donors (Lipinski definition) is 1. The van der Waals surface area contributed by atoms with Crippen LogP contribution in [0.3, 0.4) is 0 Å². The van der Waals surface area contributed by atoms with Gasteiger partial charge in [-0.15, -0.1) is 11.3 Å². The molecule has 1 fully saturated rings. The van der Waals surface area contributed by atoms with E-state index in [2.05, 4.69) is 32.7 Å². The molecule has 2 atom stereocenters. The molecule has 1 N–H and O–H groups in total. The molecule has 7 nitrogen and oxygen atoms in total. The second-order valence-electron chi connectivity index (χ2n) is 6.96. The van der Waals surface area contributed by atoms with E-state index in [0.717, 1.165) is 27.4 Å². The Morgan fingerprint density at radius 3 is 2.85 bits per heavy atom. The minimum atomic E-state index is 0.0331. The number of rotatable bonds is 4. The van der Waals surface area contributed by atoms with Crippen LogP contribution in [-0.2, 0) is 11.8 Å². The number of carbonyl (C=O) groups is 1. The number of thiophene rings is 1. The quantitative estimate of drug-likeness (QED) is 0.764. The molecule has 0 unspecified atom stereocenters. The zero-order valence-corrected chi connectivity index (χ0v) is 16.2. The minimum Gasteiger partial charge on any atom is -0.369 e. The van der Waals surface area contributed by atoms with Gasteiger partial charge in [0, 0.05) is 44.7 Å². The van der Waals surface area contributed by atoms with Crippen molar-refractivity contribution in [2.45, 2.75) is 26.3 Å². The summed E-state index contributed by atoms with van der Waals surface area (Å²) in [5.74, 6) is 1.95. The van der Waals surface area contributed by atoms with Crippen LogP contribution in [0.1, 0.15) is 29.4 Å². The summed E-state index contributed by atoms with van der Waals surface area (Å²) in [6.07, 6.45) is 4.37. The van der Waals surface area contributed by atoms with E-state index in [4.69, 9.17) is 0 Å². The smallest absolute Gasteiger partial charge is 0.223 e. The number of carbonyl (C=O) groups excluding carboxylic acids is 1. The molecule has 0 aliphatic carbocycles. The molecule has 1 aliphatic heterocycles. The van der Waals surface area contributed by atoms with Gasteiger partial charge in [-0.05, 0) is 24.8 Å². The van der Waals surface area contributed by atoms with Crippen LogP contribution in [0, 0.1) is 19.8 Å². The highest BCUT2D eigenvalue weighted by Crippen LogP contribution is 2.37. The van der Waals surface area contributed by atoms with E-state index in [1.807, 2.05) is 38.3 Å². The van der Waals surface area contributed by atoms with Crippen molar-refractivity contribution in [2.75, 3.05) is 18.9 Å². The molecule has 0 saturated carbocycles. The Labute approximate surface area is 156 Å². The van der Waals surface area contributed by atoms with Crippen LogP contribution in [0.4, 0.5) is 5.82 Å². The van der Waals surface area contributed by atoms with E-state index in [9.17, 15) is 4.79 Å². The highest BCUT2D eigenvalue weighted by molar-refractivity contribution is 7.17. The summed E-state index contributed by atoms with van der Waals surface area (Å²) in [4.78, 5) is 24.3. The largest absolute Gasteiger partial charge is 0.369 e. The van der Waals surface area contributed by atoms with Gasteiger partial charge in [-0.25, -0.2) is 9.97 Å². The SMILES string of the molecule is Cc1nc(NC[C@@H]2CC(=O)N(C)[C@H]2c2cnn(C)c2)c2c(C)csc2n1. The standard InChI is InChI=1S/C18H22N6OS/c1-10-9-26-18-15(10)17(21-11(2)22-18)19-6-12-5-14(25)24(4)16(12)13-7-20-23(3)8-13/h7-9,12,16H,5-6H2,1-4H3,(H,19,21,22)/t12-,16+/m0/s1. The fraction of sp³-hybridized carbons (Fsp3) is 0.444. The number of nitrogens with zero attached hydrogens (tertiary/aromatic N) is 5. The number of fused-ring (bicyclic) bond motifs is 1. The summed E-state index contributed by atoms with van der Waals surface area (Å²) in [7, 11) is 3.77. The van der Waals surface area contributed by atoms with Gasteiger partial charge in [0.25, 0.3) is 0 Å². The minimum absolute atomic E-state index is 0.0331. The van der Waals surface area contributed by atoms with Crippen molar-refractivity contribution in [3.63, 3.8) is 0 Å². The molecule has 0 radical (unpaired) electrons. The Kier molecular flexibility index (Phi) is 4.14. The average Bonchev–Trinajstić information content (AvgIpc) is 3.25. The molecule has 0 spiro atoms. The molecule has 4 rings (SSSR count). The van der Waals surface area contributed by atoms with Gasteiger partial charge in [-0.3, -0.25) is 9.48 Å². The second kappa shape index (κ2) is 6.35. The van der Waals surface area contributed by atoms with E-state index < -0.39 is 0 Å². The van der Waals surface area contributed by atoms with E-state index in [0.29, 0.717) is 13.0 Å². The number of hydrogen-bond acceptors (Lipinski definition) is 6. The molecule has 3 aromatic heterocycles. The third kappa shape index (κ3) is 2.84. The van der Waals surface area contributed by atoms with Gasteiger partial charge in [0.15, 0.2) is 0 Å². The number of amides is 1. The van der Waals surface area contributed by atoms with Crippen molar-refractivity contribution in [1.82, 2.24) is 24.6 Å². The Bertz CT molecular complexity index is 977. The fourth-order valence-electron chi connectivity index (χ4n) is 3.77. The molecule has 1 amide bonds. The maximum Gasteiger partial charge on any atom is 0.223 e. The highest BCUT2D eigenvalue weighted by atomic mass is 32.1. The van der Waals surface area contributed by atoms with E-state index in [1.165, 1.54) is 5.56 Å². The molecule has 26 heavy (non-hydrogen) atoms. The molecular formula is C18H22N6OS. The number of aromatic nitrogens is 4. The van der Waals surface area contributed by atoms with Crippen molar-refractivity contribution >= 4 is 33.3 Å². The molecule has 136 valence electrons. The second-order valence-corrected chi connectivity index (χ2v) is 7.82. The summed E-state index contributed by atoms with van der Waals surface area (Å²) in [5.41, 5.74) is 2.25. The lowest BCUT2D eigenvalue weighted by Crippen LogP contribution is -2.26. The van der Waals surface area contributed by atoms with Crippen molar-refractivity contribution in [3.8, 4) is 0 Å². The van der Waals surface area contributed by atoms with Crippen LogP contribution >= 0.6 is 11.3 Å². The maximum atomic E-state index is 12.3. The number of likely N-dealkylation sites (tertiary alicyclic amines) is 1. The fourth-order valence-corrected chi connectivity index (χ4v) is 4.74. The first-order valence-electron chi connectivity index (χ1n) is 8.64. The molecular weight excluding hydrogens is 348 g/mol. The number of nitrogens with one attached hydrogen (secondary N) is 1. The first-order valence-corrected chi connectivity index (χ1v) is 9.52. The lowest BCUT2D eigenvalue weighted by atomic mass is 9.95. The van der Waals surface area contributed by atoms with Gasteiger partial charge in [-0.1, -0.05) is 0 Å². The van der Waals surface area contributed by atoms with Crippen LogP contribution in [-0.4, -0.2) is 44.1 Å². The molecule has 1 saturated heterocycles. The predicted molar refractivity (Wildman–Crippen MR) is 102 cm³/mol. The molecule has 1 aliphatic rings. The van der Waals surface area contributed by atoms with Crippen molar-refractivity contribution < 1.29 is 4.79 Å². The summed E-state index contributed by atoms with van der Waals surface area (Å²) >= 11 is 1.64. The predicted octanol–water partition coefficient (Wildman–Crippen LogP) is 2.67. The highest BCUT2D eigenvalue weighted by Gasteiger charge is 2.39. The third-order valence-electron chi connectivity index (χ3n) is 5.02. The van der Waals surface area contributed by atoms with Gasteiger partial charge in [0.1, 0.15) is 16.5 Å². The summed E-state index contributed by atoms with van der Waals surface area (Å²) < 4.78 is 1.78. The Morgan fingerprint density at radius 2 is 2.12 bits per heavy atom. The Hall–Kier alpha value is -2.48. The van der Waals surface area contributed by atoms with Crippen molar-refractivity contribution in [1.29, 1.82) is 0 Å². The summed E-state index contributed by atoms with van der Waals surface area (Å²) in [6.45, 7) is 4.66. The Balaban J connectivity index is 1.61. The van der Waals surface area contributed by atoms with Crippen LogP contribution in [0.15, 0.2) is 17.8 Å². The van der Waals surface area contributed by atoms with Crippen LogP contribution < -0.4 is 5.32 Å². The lowest BCUT2D eigenvalue weighted by Gasteiger charge is -2.24. The maximum absolute atomic E-state index is 12.3. The molecule has 4 heterocycles. The summed E-state index contributed by atoms with van der Waals surface area (Å²) in [6, 6.07) is 0.0331. The molecule has 3 aromatic rings. The van der Waals surface area contributed by atoms with Crippen molar-refractivity contribution in [3.05, 3.63) is 34.7 Å². The first-order chi connectivity index (χ1) is 12.4. The monoisotopic (exact) mass is 370 g/mol.